The Bertz CT molecular complexity index is 813. The van der Waals surface area contributed by atoms with E-state index in [-0.39, 0.29) is 11.3 Å². The number of amides is 1. The Labute approximate surface area is 143 Å². The summed E-state index contributed by atoms with van der Waals surface area (Å²) in [5.74, 6) is 0.732. The van der Waals surface area contributed by atoms with E-state index in [9.17, 15) is 4.79 Å². The van der Waals surface area contributed by atoms with E-state index in [0.717, 1.165) is 28.1 Å². The van der Waals surface area contributed by atoms with E-state index >= 15 is 0 Å². The highest BCUT2D eigenvalue weighted by Crippen LogP contribution is 2.47. The first kappa shape index (κ1) is 16.5. The van der Waals surface area contributed by atoms with Gasteiger partial charge in [-0.3, -0.25) is 4.79 Å². The Kier molecular flexibility index (Phi) is 3.67. The summed E-state index contributed by atoms with van der Waals surface area (Å²) in [6, 6.07) is 4.17. The molecule has 126 valence electrons. The summed E-state index contributed by atoms with van der Waals surface area (Å²) >= 11 is 0. The zero-order chi connectivity index (χ0) is 17.8. The van der Waals surface area contributed by atoms with Crippen molar-refractivity contribution >= 4 is 11.8 Å². The van der Waals surface area contributed by atoms with Crippen molar-refractivity contribution in [2.75, 3.05) is 0 Å². The maximum absolute atomic E-state index is 11.7. The standard InChI is InChI=1S/C20H24N2O2/c1-10-7-11(2)16(12(3)8-10)24-19-15-13(9-14(15)18(21)23)17(22-19)20(4,5)6/h7-9,15H,1-6H3,(H2,21,23)/t15-/m1/s1. The Morgan fingerprint density at radius 1 is 1.17 bits per heavy atom. The first-order valence-corrected chi connectivity index (χ1v) is 8.20. The van der Waals surface area contributed by atoms with Crippen LogP contribution in [0.2, 0.25) is 0 Å². The van der Waals surface area contributed by atoms with Gasteiger partial charge in [-0.05, 0) is 43.5 Å². The normalized spacial score (nSPS) is 19.5. The Morgan fingerprint density at radius 3 is 2.25 bits per heavy atom. The second kappa shape index (κ2) is 5.33. The number of ether oxygens (including phenoxy) is 1. The van der Waals surface area contributed by atoms with Crippen molar-refractivity contribution < 1.29 is 9.53 Å². The van der Waals surface area contributed by atoms with E-state index in [1.165, 1.54) is 5.56 Å². The van der Waals surface area contributed by atoms with Gasteiger partial charge >= 0.3 is 0 Å². The summed E-state index contributed by atoms with van der Waals surface area (Å²) < 4.78 is 6.19. The molecule has 2 aliphatic rings. The number of carbonyl (C=O) groups excluding carboxylic acids is 1. The van der Waals surface area contributed by atoms with Gasteiger partial charge in [-0.15, -0.1) is 0 Å². The highest BCUT2D eigenvalue weighted by Gasteiger charge is 2.45. The summed E-state index contributed by atoms with van der Waals surface area (Å²) in [7, 11) is 0. The number of rotatable bonds is 2. The van der Waals surface area contributed by atoms with E-state index in [2.05, 4.69) is 39.8 Å². The van der Waals surface area contributed by atoms with Crippen LogP contribution in [-0.4, -0.2) is 11.8 Å². The molecule has 1 aromatic rings. The topological polar surface area (TPSA) is 64.7 Å². The Balaban J connectivity index is 2.01. The third-order valence-corrected chi connectivity index (χ3v) is 4.48. The van der Waals surface area contributed by atoms with E-state index in [1.807, 2.05) is 19.9 Å². The van der Waals surface area contributed by atoms with E-state index in [4.69, 9.17) is 15.5 Å². The average molecular weight is 324 g/mol. The SMILES string of the molecule is Cc1cc(C)c(OC2=NC(C(C)(C)C)=C3C=C(C(N)=O)[C@H]23)c(C)c1. The van der Waals surface area contributed by atoms with Crippen molar-refractivity contribution in [3.8, 4) is 5.75 Å². The fourth-order valence-electron chi connectivity index (χ4n) is 3.44. The van der Waals surface area contributed by atoms with Crippen LogP contribution in [0.5, 0.6) is 5.75 Å². The van der Waals surface area contributed by atoms with Gasteiger partial charge in [0.05, 0.1) is 11.6 Å². The smallest absolute Gasteiger partial charge is 0.245 e. The number of allylic oxidation sites excluding steroid dienone is 2. The quantitative estimate of drug-likeness (QED) is 0.900. The van der Waals surface area contributed by atoms with Crippen LogP contribution >= 0.6 is 0 Å². The molecule has 1 heterocycles. The number of aryl methyl sites for hydroxylation is 3. The molecule has 24 heavy (non-hydrogen) atoms. The molecular formula is C20H24N2O2. The summed E-state index contributed by atoms with van der Waals surface area (Å²) in [4.78, 5) is 16.4. The monoisotopic (exact) mass is 324 g/mol. The first-order valence-electron chi connectivity index (χ1n) is 8.20. The molecule has 1 aliphatic carbocycles. The number of hydrogen-bond acceptors (Lipinski definition) is 3. The van der Waals surface area contributed by atoms with Gasteiger partial charge < -0.3 is 10.5 Å². The van der Waals surface area contributed by atoms with Crippen LogP contribution in [0.1, 0.15) is 37.5 Å². The number of aliphatic imine (C=N–C) groups is 1. The minimum atomic E-state index is -0.410. The molecule has 0 bridgehead atoms. The van der Waals surface area contributed by atoms with Crippen molar-refractivity contribution in [3.05, 3.63) is 51.7 Å². The zero-order valence-corrected chi connectivity index (χ0v) is 15.2. The second-order valence-electron chi connectivity index (χ2n) is 7.73. The highest BCUT2D eigenvalue weighted by atomic mass is 16.5. The fraction of sp³-hybridized carbons (Fsp3) is 0.400. The third-order valence-electron chi connectivity index (χ3n) is 4.48. The summed E-state index contributed by atoms with van der Waals surface area (Å²) in [5, 5.41) is 0. The third kappa shape index (κ3) is 2.56. The van der Waals surface area contributed by atoms with Gasteiger partial charge in [0.2, 0.25) is 11.8 Å². The van der Waals surface area contributed by atoms with Crippen LogP contribution in [0.3, 0.4) is 0 Å². The Hall–Kier alpha value is -2.36. The van der Waals surface area contributed by atoms with Gasteiger partial charge in [-0.25, -0.2) is 4.99 Å². The zero-order valence-electron chi connectivity index (χ0n) is 15.2. The number of primary amides is 1. The summed E-state index contributed by atoms with van der Waals surface area (Å²) in [5.41, 5.74) is 11.3. The first-order chi connectivity index (χ1) is 11.1. The average Bonchev–Trinajstić information content (AvgIpc) is 2.65. The molecule has 0 unspecified atom stereocenters. The van der Waals surface area contributed by atoms with Crippen molar-refractivity contribution in [1.29, 1.82) is 0 Å². The summed E-state index contributed by atoms with van der Waals surface area (Å²) in [6.07, 6.45) is 1.85. The fourth-order valence-corrected chi connectivity index (χ4v) is 3.44. The van der Waals surface area contributed by atoms with Crippen LogP contribution in [0.4, 0.5) is 0 Å². The van der Waals surface area contributed by atoms with Crippen LogP contribution in [-0.2, 0) is 4.79 Å². The molecule has 1 aromatic carbocycles. The van der Waals surface area contributed by atoms with Crippen molar-refractivity contribution in [2.45, 2.75) is 41.5 Å². The predicted octanol–water partition coefficient (Wildman–Crippen LogP) is 3.74. The minimum absolute atomic E-state index is 0.115. The number of benzene rings is 1. The van der Waals surface area contributed by atoms with Crippen molar-refractivity contribution in [2.24, 2.45) is 22.1 Å². The van der Waals surface area contributed by atoms with Crippen LogP contribution in [0.25, 0.3) is 0 Å². The molecule has 0 fully saturated rings. The minimum Gasteiger partial charge on any atom is -0.441 e. The lowest BCUT2D eigenvalue weighted by Crippen LogP contribution is -2.34. The van der Waals surface area contributed by atoms with E-state index < -0.39 is 5.91 Å². The molecule has 0 radical (unpaired) electrons. The van der Waals surface area contributed by atoms with Crippen molar-refractivity contribution in [3.63, 3.8) is 0 Å². The van der Waals surface area contributed by atoms with Crippen LogP contribution in [0.15, 0.2) is 40.0 Å². The molecule has 0 spiro atoms. The molecule has 1 amide bonds. The molecule has 2 N–H and O–H groups in total. The highest BCUT2D eigenvalue weighted by molar-refractivity contribution is 6.07. The molecule has 4 heteroatoms. The van der Waals surface area contributed by atoms with Gasteiger partial charge in [0, 0.05) is 11.0 Å². The van der Waals surface area contributed by atoms with Gasteiger partial charge in [0.1, 0.15) is 5.75 Å². The number of fused-ring (bicyclic) bond motifs is 1. The lowest BCUT2D eigenvalue weighted by atomic mass is 9.76. The van der Waals surface area contributed by atoms with Crippen molar-refractivity contribution in [1.82, 2.24) is 0 Å². The molecular weight excluding hydrogens is 300 g/mol. The number of nitrogens with two attached hydrogens (primary N) is 1. The molecule has 0 saturated heterocycles. The molecule has 1 aliphatic heterocycles. The largest absolute Gasteiger partial charge is 0.441 e. The van der Waals surface area contributed by atoms with Gasteiger partial charge in [0.25, 0.3) is 0 Å². The number of nitrogens with zero attached hydrogens (tertiary/aromatic N) is 1. The number of hydrogen-bond donors (Lipinski definition) is 1. The van der Waals surface area contributed by atoms with E-state index in [0.29, 0.717) is 11.5 Å². The second-order valence-corrected chi connectivity index (χ2v) is 7.73. The van der Waals surface area contributed by atoms with Crippen LogP contribution in [0, 0.1) is 32.1 Å². The van der Waals surface area contributed by atoms with Gasteiger partial charge in [-0.2, -0.15) is 0 Å². The molecule has 0 aromatic heterocycles. The lowest BCUT2D eigenvalue weighted by Gasteiger charge is -2.27. The molecule has 0 saturated carbocycles. The van der Waals surface area contributed by atoms with Gasteiger partial charge in [-0.1, -0.05) is 38.5 Å². The van der Waals surface area contributed by atoms with Gasteiger partial charge in [0.15, 0.2) is 0 Å². The summed E-state index contributed by atoms with van der Waals surface area (Å²) in [6.45, 7) is 12.4. The van der Waals surface area contributed by atoms with E-state index in [1.54, 1.807) is 0 Å². The lowest BCUT2D eigenvalue weighted by molar-refractivity contribution is -0.115. The molecule has 1 atom stereocenters. The maximum Gasteiger partial charge on any atom is 0.245 e. The van der Waals surface area contributed by atoms with Crippen LogP contribution < -0.4 is 10.5 Å². The molecule has 3 rings (SSSR count). The Morgan fingerprint density at radius 2 is 1.75 bits per heavy atom. The predicted molar refractivity (Wildman–Crippen MR) is 96.0 cm³/mol. The molecule has 4 nitrogen and oxygen atoms in total. The number of carbonyl (C=O) groups is 1. The maximum atomic E-state index is 11.7.